The van der Waals surface area contributed by atoms with Crippen molar-refractivity contribution >= 4 is 26.4 Å². The third-order valence-electron chi connectivity index (χ3n) is 7.12. The molecule has 1 atom stereocenters. The molecule has 5 rings (SSSR count). The molecular weight excluding hydrogens is 487 g/mol. The summed E-state index contributed by atoms with van der Waals surface area (Å²) in [5, 5.41) is 4.36. The zero-order valence-electron chi connectivity index (χ0n) is 21.6. The number of rotatable bonds is 8. The molecule has 1 unspecified atom stereocenters. The van der Waals surface area contributed by atoms with Gasteiger partial charge >= 0.3 is 0 Å². The molecule has 1 N–H and O–H groups in total. The average molecular weight is 520 g/mol. The second-order valence-electron chi connectivity index (χ2n) is 9.94. The summed E-state index contributed by atoms with van der Waals surface area (Å²) in [6.07, 6.45) is 3.96. The van der Waals surface area contributed by atoms with E-state index in [2.05, 4.69) is 47.5 Å². The van der Waals surface area contributed by atoms with Gasteiger partial charge in [-0.15, -0.1) is 0 Å². The zero-order chi connectivity index (χ0) is 26.3. The van der Waals surface area contributed by atoms with Crippen molar-refractivity contribution in [2.75, 3.05) is 17.3 Å². The Kier molecular flexibility index (Phi) is 6.75. The van der Waals surface area contributed by atoms with Gasteiger partial charge in [0.05, 0.1) is 5.75 Å². The smallest absolute Gasteiger partial charge is 0.147 e. The lowest BCUT2D eigenvalue weighted by Crippen LogP contribution is -2.08. The van der Waals surface area contributed by atoms with Gasteiger partial charge < -0.3 is 14.6 Å². The lowest BCUT2D eigenvalue weighted by Gasteiger charge is -2.15. The standard InChI is InChI=1S/C30H32FN2O3S/c1-19-15-22-9-11-25(17-29(22)36-19)32-18-23-7-5-8-26(20(23)2)30-21(3)33(13-6-14-37(4,34)35)28-12-10-24(31)16-27(28)30/h5,7-12,15-17,19,32H,6,13-14,18H2,1-4H3. The molecule has 1 aliphatic heterocycles. The largest absolute Gasteiger partial charge is 0.490 e. The fourth-order valence-corrected chi connectivity index (χ4v) is 5.94. The Hall–Kier alpha value is -3.32. The normalized spacial score (nSPS) is 15.1. The van der Waals surface area contributed by atoms with Gasteiger partial charge in [0.2, 0.25) is 0 Å². The first-order valence-corrected chi connectivity index (χ1v) is 14.6. The first-order chi connectivity index (χ1) is 17.6. The molecule has 1 aliphatic rings. The van der Waals surface area contributed by atoms with Gasteiger partial charge in [0, 0.05) is 65.2 Å². The molecule has 0 saturated heterocycles. The highest BCUT2D eigenvalue weighted by atomic mass is 32.2. The van der Waals surface area contributed by atoms with E-state index < -0.39 is 9.84 Å². The molecular formula is C30H32FN2O3S. The van der Waals surface area contributed by atoms with E-state index >= 15 is 0 Å². The van der Waals surface area contributed by atoms with Crippen molar-refractivity contribution in [1.29, 1.82) is 0 Å². The van der Waals surface area contributed by atoms with E-state index in [4.69, 9.17) is 4.74 Å². The summed E-state index contributed by atoms with van der Waals surface area (Å²) in [7, 11) is -3.05. The van der Waals surface area contributed by atoms with Gasteiger partial charge in [-0.25, -0.2) is 12.8 Å². The van der Waals surface area contributed by atoms with Crippen LogP contribution in [0.15, 0.2) is 54.6 Å². The molecule has 0 aliphatic carbocycles. The molecule has 37 heavy (non-hydrogen) atoms. The highest BCUT2D eigenvalue weighted by Gasteiger charge is 2.21. The quantitative estimate of drug-likeness (QED) is 0.291. The number of aromatic nitrogens is 1. The molecule has 7 heteroatoms. The number of hydrogen-bond donors (Lipinski definition) is 1. The van der Waals surface area contributed by atoms with Gasteiger partial charge in [0.1, 0.15) is 27.5 Å². The molecule has 5 nitrogen and oxygen atoms in total. The van der Waals surface area contributed by atoms with E-state index in [9.17, 15) is 12.8 Å². The highest BCUT2D eigenvalue weighted by molar-refractivity contribution is 7.90. The third-order valence-corrected chi connectivity index (χ3v) is 8.15. The topological polar surface area (TPSA) is 60.3 Å². The van der Waals surface area contributed by atoms with Gasteiger partial charge in [-0.1, -0.05) is 24.3 Å². The number of benzene rings is 3. The predicted octanol–water partition coefficient (Wildman–Crippen LogP) is 6.44. The van der Waals surface area contributed by atoms with Crippen LogP contribution >= 0.6 is 0 Å². The summed E-state index contributed by atoms with van der Waals surface area (Å²) < 4.78 is 45.7. The van der Waals surface area contributed by atoms with Crippen LogP contribution in [-0.4, -0.2) is 31.1 Å². The second-order valence-corrected chi connectivity index (χ2v) is 12.2. The third kappa shape index (κ3) is 5.23. The maximum Gasteiger partial charge on any atom is 0.147 e. The van der Waals surface area contributed by atoms with Gasteiger partial charge in [-0.05, 0) is 68.1 Å². The summed E-state index contributed by atoms with van der Waals surface area (Å²) >= 11 is 0. The van der Waals surface area contributed by atoms with Crippen LogP contribution in [0, 0.1) is 26.1 Å². The van der Waals surface area contributed by atoms with Crippen LogP contribution in [0.25, 0.3) is 22.0 Å². The van der Waals surface area contributed by atoms with Crippen molar-refractivity contribution < 1.29 is 17.5 Å². The number of nitrogens with one attached hydrogen (secondary N) is 1. The molecule has 0 saturated carbocycles. The molecule has 1 radical (unpaired) electrons. The minimum Gasteiger partial charge on any atom is -0.490 e. The lowest BCUT2D eigenvalue weighted by atomic mass is 9.94. The first kappa shape index (κ1) is 25.3. The molecule has 3 aromatic carbocycles. The van der Waals surface area contributed by atoms with Crippen LogP contribution in [0.1, 0.15) is 35.7 Å². The van der Waals surface area contributed by atoms with E-state index in [0.717, 1.165) is 55.9 Å². The Morgan fingerprint density at radius 3 is 2.68 bits per heavy atom. The molecule has 2 heterocycles. The van der Waals surface area contributed by atoms with E-state index in [-0.39, 0.29) is 17.7 Å². The van der Waals surface area contributed by atoms with E-state index in [1.807, 2.05) is 26.0 Å². The monoisotopic (exact) mass is 519 g/mol. The number of halogens is 1. The molecule has 0 amide bonds. The average Bonchev–Trinajstić information content (AvgIpc) is 3.33. The molecule has 0 fully saturated rings. The Bertz CT molecular complexity index is 1590. The summed E-state index contributed by atoms with van der Waals surface area (Å²) in [5.74, 6) is 0.722. The van der Waals surface area contributed by atoms with Crippen LogP contribution in [-0.2, 0) is 22.9 Å². The van der Waals surface area contributed by atoms with Crippen molar-refractivity contribution in [3.8, 4) is 16.9 Å². The summed E-state index contributed by atoms with van der Waals surface area (Å²) in [5.41, 5.74) is 8.33. The number of sulfone groups is 1. The fraction of sp³-hybridized carbons (Fsp3) is 0.300. The Morgan fingerprint density at radius 2 is 1.89 bits per heavy atom. The first-order valence-electron chi connectivity index (χ1n) is 12.5. The van der Waals surface area contributed by atoms with Crippen molar-refractivity contribution in [2.24, 2.45) is 0 Å². The Labute approximate surface area is 218 Å². The predicted molar refractivity (Wildman–Crippen MR) is 148 cm³/mol. The lowest BCUT2D eigenvalue weighted by molar-refractivity contribution is 0.281. The summed E-state index contributed by atoms with van der Waals surface area (Å²) in [6.45, 7) is 7.34. The summed E-state index contributed by atoms with van der Waals surface area (Å²) in [4.78, 5) is 0. The molecule has 1 aromatic heterocycles. The maximum absolute atomic E-state index is 14.4. The molecule has 0 bridgehead atoms. The number of fused-ring (bicyclic) bond motifs is 2. The van der Waals surface area contributed by atoms with E-state index in [0.29, 0.717) is 19.5 Å². The van der Waals surface area contributed by atoms with Crippen LogP contribution in [0.4, 0.5) is 10.1 Å². The fourth-order valence-electron chi connectivity index (χ4n) is 5.28. The second kappa shape index (κ2) is 9.86. The van der Waals surface area contributed by atoms with Crippen LogP contribution < -0.4 is 10.1 Å². The Morgan fingerprint density at radius 1 is 1.08 bits per heavy atom. The van der Waals surface area contributed by atoms with Gasteiger partial charge in [0.15, 0.2) is 0 Å². The number of aryl methyl sites for hydroxylation is 1. The van der Waals surface area contributed by atoms with Crippen LogP contribution in [0.5, 0.6) is 5.75 Å². The minimum atomic E-state index is -3.05. The van der Waals surface area contributed by atoms with E-state index in [1.165, 1.54) is 12.3 Å². The van der Waals surface area contributed by atoms with Crippen molar-refractivity contribution in [1.82, 2.24) is 4.57 Å². The number of nitrogens with zero attached hydrogens (tertiary/aromatic N) is 1. The van der Waals surface area contributed by atoms with Crippen molar-refractivity contribution in [3.05, 3.63) is 89.2 Å². The van der Waals surface area contributed by atoms with Gasteiger partial charge in [-0.2, -0.15) is 0 Å². The summed E-state index contributed by atoms with van der Waals surface area (Å²) in [6, 6.07) is 17.2. The molecule has 193 valence electrons. The zero-order valence-corrected chi connectivity index (χ0v) is 22.5. The number of hydrogen-bond acceptors (Lipinski definition) is 4. The van der Waals surface area contributed by atoms with Crippen molar-refractivity contribution in [2.45, 2.75) is 46.4 Å². The van der Waals surface area contributed by atoms with E-state index in [1.54, 1.807) is 12.1 Å². The minimum absolute atomic E-state index is 0.0887. The SMILES string of the molecule is Cc1c(CNc2ccc3c(c2)OC(C)[CH]3)cccc1-c1c(C)n(CCCS(C)(=O)=O)c2ccc(F)cc12. The van der Waals surface area contributed by atoms with Gasteiger partial charge in [-0.3, -0.25) is 0 Å². The van der Waals surface area contributed by atoms with Crippen LogP contribution in [0.2, 0.25) is 0 Å². The number of ether oxygens (including phenoxy) is 1. The highest BCUT2D eigenvalue weighted by Crippen LogP contribution is 2.38. The number of anilines is 1. The Balaban J connectivity index is 1.47. The molecule has 4 aromatic rings. The maximum atomic E-state index is 14.4. The molecule has 0 spiro atoms. The van der Waals surface area contributed by atoms with Gasteiger partial charge in [0.25, 0.3) is 0 Å². The van der Waals surface area contributed by atoms with Crippen molar-refractivity contribution in [3.63, 3.8) is 0 Å². The van der Waals surface area contributed by atoms with Crippen LogP contribution in [0.3, 0.4) is 0 Å².